The number of aliphatic hydroxyl groups excluding tert-OH is 1. The molecule has 0 radical (unpaired) electrons. The second kappa shape index (κ2) is 5.45. The highest BCUT2D eigenvalue weighted by molar-refractivity contribution is 5.59. The molecule has 1 aromatic heterocycles. The van der Waals surface area contributed by atoms with Crippen LogP contribution in [0.2, 0.25) is 0 Å². The second-order valence-corrected chi connectivity index (χ2v) is 3.41. The summed E-state index contributed by atoms with van der Waals surface area (Å²) in [7, 11) is 0. The molecule has 1 heterocycles. The van der Waals surface area contributed by atoms with E-state index in [1.807, 2.05) is 6.92 Å². The van der Waals surface area contributed by atoms with Crippen LogP contribution < -0.4 is 5.32 Å². The van der Waals surface area contributed by atoms with Gasteiger partial charge in [-0.25, -0.2) is 4.68 Å². The van der Waals surface area contributed by atoms with Gasteiger partial charge in [0.1, 0.15) is 5.69 Å². The quantitative estimate of drug-likeness (QED) is 0.557. The smallest absolute Gasteiger partial charge is 0.333 e. The van der Waals surface area contributed by atoms with Crippen molar-refractivity contribution in [2.45, 2.75) is 26.8 Å². The van der Waals surface area contributed by atoms with Crippen LogP contribution in [0, 0.1) is 17.0 Å². The van der Waals surface area contributed by atoms with Crippen LogP contribution in [-0.2, 0) is 6.54 Å². The molecular weight excluding hydrogens is 212 g/mol. The molecule has 0 aliphatic heterocycles. The first-order valence-corrected chi connectivity index (χ1v) is 5.18. The van der Waals surface area contributed by atoms with Crippen LogP contribution in [0.4, 0.5) is 11.5 Å². The largest absolute Gasteiger partial charge is 0.395 e. The van der Waals surface area contributed by atoms with Crippen molar-refractivity contribution in [1.29, 1.82) is 0 Å². The van der Waals surface area contributed by atoms with Crippen molar-refractivity contribution < 1.29 is 10.0 Å². The number of aliphatic hydroxyl groups is 1. The minimum Gasteiger partial charge on any atom is -0.395 e. The van der Waals surface area contributed by atoms with E-state index in [-0.39, 0.29) is 18.8 Å². The van der Waals surface area contributed by atoms with Gasteiger partial charge in [0.2, 0.25) is 5.82 Å². The average molecular weight is 228 g/mol. The van der Waals surface area contributed by atoms with Gasteiger partial charge in [-0.1, -0.05) is 6.92 Å². The van der Waals surface area contributed by atoms with E-state index in [4.69, 9.17) is 5.11 Å². The van der Waals surface area contributed by atoms with E-state index in [9.17, 15) is 10.1 Å². The maximum Gasteiger partial charge on any atom is 0.333 e. The van der Waals surface area contributed by atoms with E-state index >= 15 is 0 Å². The molecule has 1 rings (SSSR count). The van der Waals surface area contributed by atoms with Gasteiger partial charge >= 0.3 is 5.69 Å². The Morgan fingerprint density at radius 2 is 2.31 bits per heavy atom. The van der Waals surface area contributed by atoms with Crippen molar-refractivity contribution in [3.05, 3.63) is 15.8 Å². The molecule has 0 aromatic carbocycles. The third-order valence-corrected chi connectivity index (χ3v) is 2.12. The van der Waals surface area contributed by atoms with Gasteiger partial charge in [-0.05, 0) is 13.3 Å². The molecule has 1 aromatic rings. The highest BCUT2D eigenvalue weighted by atomic mass is 16.6. The molecule has 0 saturated carbocycles. The number of hydrogen-bond acceptors (Lipinski definition) is 5. The van der Waals surface area contributed by atoms with Gasteiger partial charge < -0.3 is 10.4 Å². The Morgan fingerprint density at radius 3 is 2.81 bits per heavy atom. The number of nitrogens with zero attached hydrogens (tertiary/aromatic N) is 3. The summed E-state index contributed by atoms with van der Waals surface area (Å²) in [5, 5.41) is 26.5. The lowest BCUT2D eigenvalue weighted by atomic mass is 10.4. The number of aryl methyl sites for hydroxylation is 2. The minimum absolute atomic E-state index is 0.0121. The Labute approximate surface area is 93.2 Å². The lowest BCUT2D eigenvalue weighted by Crippen LogP contribution is -2.12. The molecule has 0 spiro atoms. The molecule has 0 bridgehead atoms. The van der Waals surface area contributed by atoms with Crippen molar-refractivity contribution in [2.75, 3.05) is 18.5 Å². The molecule has 0 amide bonds. The molecule has 7 heteroatoms. The molecule has 7 nitrogen and oxygen atoms in total. The lowest BCUT2D eigenvalue weighted by molar-refractivity contribution is -0.384. The number of anilines is 1. The zero-order chi connectivity index (χ0) is 12.1. The highest BCUT2D eigenvalue weighted by Gasteiger charge is 2.24. The zero-order valence-corrected chi connectivity index (χ0v) is 9.43. The van der Waals surface area contributed by atoms with Crippen LogP contribution in [0.25, 0.3) is 0 Å². The number of hydrogen-bond donors (Lipinski definition) is 2. The summed E-state index contributed by atoms with van der Waals surface area (Å²) >= 11 is 0. The van der Waals surface area contributed by atoms with E-state index in [1.54, 1.807) is 11.6 Å². The predicted octanol–water partition coefficient (Wildman–Crippen LogP) is 0.914. The van der Waals surface area contributed by atoms with Gasteiger partial charge in [-0.15, -0.1) is 0 Å². The summed E-state index contributed by atoms with van der Waals surface area (Å²) in [6, 6.07) is 0. The highest BCUT2D eigenvalue weighted by Crippen LogP contribution is 2.27. The molecule has 0 saturated heterocycles. The van der Waals surface area contributed by atoms with Crippen LogP contribution in [0.3, 0.4) is 0 Å². The first-order valence-electron chi connectivity index (χ1n) is 5.18. The van der Waals surface area contributed by atoms with Crippen molar-refractivity contribution in [3.63, 3.8) is 0 Å². The molecule has 0 aliphatic carbocycles. The summed E-state index contributed by atoms with van der Waals surface area (Å²) in [5.74, 6) is 0.374. The SMILES string of the molecule is CCCn1nc(C)c([N+](=O)[O-])c1NCCO. The number of aromatic nitrogens is 2. The third kappa shape index (κ3) is 2.48. The average Bonchev–Trinajstić information content (AvgIpc) is 2.52. The Hall–Kier alpha value is -1.63. The topological polar surface area (TPSA) is 93.2 Å². The van der Waals surface area contributed by atoms with E-state index in [0.29, 0.717) is 18.1 Å². The fourth-order valence-corrected chi connectivity index (χ4v) is 1.51. The van der Waals surface area contributed by atoms with Crippen LogP contribution >= 0.6 is 0 Å². The molecule has 0 atom stereocenters. The molecule has 0 fully saturated rings. The molecule has 90 valence electrons. The monoisotopic (exact) mass is 228 g/mol. The van der Waals surface area contributed by atoms with Gasteiger partial charge in [0.05, 0.1) is 11.5 Å². The van der Waals surface area contributed by atoms with Crippen molar-refractivity contribution in [2.24, 2.45) is 0 Å². The van der Waals surface area contributed by atoms with Gasteiger partial charge in [0.25, 0.3) is 0 Å². The van der Waals surface area contributed by atoms with Gasteiger partial charge in [-0.2, -0.15) is 5.10 Å². The Morgan fingerprint density at radius 1 is 1.62 bits per heavy atom. The van der Waals surface area contributed by atoms with E-state index < -0.39 is 4.92 Å². The number of nitrogens with one attached hydrogen (secondary N) is 1. The van der Waals surface area contributed by atoms with Crippen LogP contribution in [0.5, 0.6) is 0 Å². The first-order chi connectivity index (χ1) is 7.61. The Balaban J connectivity index is 3.09. The molecule has 0 unspecified atom stereocenters. The van der Waals surface area contributed by atoms with Crippen molar-refractivity contribution in [3.8, 4) is 0 Å². The van der Waals surface area contributed by atoms with Gasteiger partial charge in [0.15, 0.2) is 0 Å². The second-order valence-electron chi connectivity index (χ2n) is 3.41. The zero-order valence-electron chi connectivity index (χ0n) is 9.43. The summed E-state index contributed by atoms with van der Waals surface area (Å²) in [4.78, 5) is 10.4. The molecule has 2 N–H and O–H groups in total. The normalized spacial score (nSPS) is 10.4. The number of nitro groups is 1. The van der Waals surface area contributed by atoms with E-state index in [2.05, 4.69) is 10.4 Å². The maximum absolute atomic E-state index is 10.9. The summed E-state index contributed by atoms with van der Waals surface area (Å²) in [5.41, 5.74) is 0.376. The summed E-state index contributed by atoms with van der Waals surface area (Å²) < 4.78 is 1.57. The van der Waals surface area contributed by atoms with E-state index in [0.717, 1.165) is 6.42 Å². The van der Waals surface area contributed by atoms with Crippen LogP contribution in [0.1, 0.15) is 19.0 Å². The van der Waals surface area contributed by atoms with Crippen molar-refractivity contribution >= 4 is 11.5 Å². The summed E-state index contributed by atoms with van der Waals surface area (Å²) in [6.45, 7) is 4.39. The van der Waals surface area contributed by atoms with Gasteiger partial charge in [0, 0.05) is 13.1 Å². The number of rotatable bonds is 6. The van der Waals surface area contributed by atoms with Crippen LogP contribution in [-0.4, -0.2) is 33.0 Å². The first kappa shape index (κ1) is 12.4. The molecular formula is C9H16N4O3. The summed E-state index contributed by atoms with van der Waals surface area (Å²) in [6.07, 6.45) is 0.839. The Bertz CT molecular complexity index is 375. The lowest BCUT2D eigenvalue weighted by Gasteiger charge is -2.06. The standard InChI is InChI=1S/C9H16N4O3/c1-3-5-12-9(10-4-6-14)8(13(15)16)7(2)11-12/h10,14H,3-6H2,1-2H3. The van der Waals surface area contributed by atoms with Gasteiger partial charge in [-0.3, -0.25) is 10.1 Å². The predicted molar refractivity (Wildman–Crippen MR) is 59.5 cm³/mol. The third-order valence-electron chi connectivity index (χ3n) is 2.12. The maximum atomic E-state index is 10.9. The van der Waals surface area contributed by atoms with Crippen molar-refractivity contribution in [1.82, 2.24) is 9.78 Å². The minimum atomic E-state index is -0.450. The molecule has 0 aliphatic rings. The fraction of sp³-hybridized carbons (Fsp3) is 0.667. The van der Waals surface area contributed by atoms with E-state index in [1.165, 1.54) is 0 Å². The molecule has 16 heavy (non-hydrogen) atoms. The fourth-order valence-electron chi connectivity index (χ4n) is 1.51. The van der Waals surface area contributed by atoms with Crippen LogP contribution in [0.15, 0.2) is 0 Å². The Kier molecular flexibility index (Phi) is 4.24.